The van der Waals surface area contributed by atoms with Gasteiger partial charge in [0.2, 0.25) is 5.91 Å². The molecule has 3 rings (SSSR count). The maximum Gasteiger partial charge on any atom is 0.221 e. The van der Waals surface area contributed by atoms with E-state index in [-0.39, 0.29) is 11.9 Å². The Morgan fingerprint density at radius 1 is 1.33 bits per heavy atom. The van der Waals surface area contributed by atoms with Gasteiger partial charge in [0.05, 0.1) is 6.04 Å². The predicted octanol–water partition coefficient (Wildman–Crippen LogP) is 1.59. The molecule has 3 N–H and O–H groups in total. The number of amides is 1. The zero-order chi connectivity index (χ0) is 12.5. The molecule has 1 heterocycles. The topological polar surface area (TPSA) is 55.1 Å². The van der Waals surface area contributed by atoms with Gasteiger partial charge in [-0.25, -0.2) is 0 Å². The SMILES string of the molecule is NCC1=CCCC=C1C1=CC2CC(=O)NC2C=C1. The number of carbonyl (C=O) groups excluding carboxylic acids is 1. The first kappa shape index (κ1) is 11.5. The molecule has 0 aromatic heterocycles. The molecule has 2 atom stereocenters. The Hall–Kier alpha value is -1.61. The summed E-state index contributed by atoms with van der Waals surface area (Å²) < 4.78 is 0. The summed E-state index contributed by atoms with van der Waals surface area (Å²) in [5.41, 5.74) is 9.52. The van der Waals surface area contributed by atoms with Crippen molar-refractivity contribution < 1.29 is 4.79 Å². The zero-order valence-corrected chi connectivity index (χ0v) is 10.4. The van der Waals surface area contributed by atoms with Gasteiger partial charge >= 0.3 is 0 Å². The van der Waals surface area contributed by atoms with Gasteiger partial charge in [0.15, 0.2) is 0 Å². The number of hydrogen-bond donors (Lipinski definition) is 2. The number of fused-ring (bicyclic) bond motifs is 1. The van der Waals surface area contributed by atoms with Crippen molar-refractivity contribution in [2.45, 2.75) is 25.3 Å². The first-order valence-corrected chi connectivity index (χ1v) is 6.57. The third kappa shape index (κ3) is 1.95. The second-order valence-electron chi connectivity index (χ2n) is 5.07. The average molecular weight is 242 g/mol. The minimum Gasteiger partial charge on any atom is -0.349 e. The number of nitrogens with two attached hydrogens (primary N) is 1. The Labute approximate surface area is 107 Å². The van der Waals surface area contributed by atoms with E-state index in [0.717, 1.165) is 12.8 Å². The van der Waals surface area contributed by atoms with E-state index in [2.05, 4.69) is 35.7 Å². The van der Waals surface area contributed by atoms with Crippen molar-refractivity contribution in [1.29, 1.82) is 0 Å². The fraction of sp³-hybridized carbons (Fsp3) is 0.400. The monoisotopic (exact) mass is 242 g/mol. The van der Waals surface area contributed by atoms with Crippen LogP contribution in [0.15, 0.2) is 47.1 Å². The van der Waals surface area contributed by atoms with Crippen LogP contribution in [-0.4, -0.2) is 18.5 Å². The lowest BCUT2D eigenvalue weighted by Gasteiger charge is -2.22. The highest BCUT2D eigenvalue weighted by atomic mass is 16.1. The molecule has 0 aromatic carbocycles. The maximum absolute atomic E-state index is 11.4. The Bertz CT molecular complexity index is 497. The molecule has 3 nitrogen and oxygen atoms in total. The van der Waals surface area contributed by atoms with Crippen molar-refractivity contribution in [3.63, 3.8) is 0 Å². The van der Waals surface area contributed by atoms with Crippen LogP contribution in [-0.2, 0) is 4.79 Å². The fourth-order valence-corrected chi connectivity index (χ4v) is 2.94. The minimum atomic E-state index is 0.152. The summed E-state index contributed by atoms with van der Waals surface area (Å²) in [5, 5.41) is 2.98. The van der Waals surface area contributed by atoms with Crippen molar-refractivity contribution in [2.75, 3.05) is 6.54 Å². The molecule has 0 spiro atoms. The third-order valence-corrected chi connectivity index (χ3v) is 3.87. The summed E-state index contributed by atoms with van der Waals surface area (Å²) in [7, 11) is 0. The third-order valence-electron chi connectivity index (χ3n) is 3.87. The average Bonchev–Trinajstić information content (AvgIpc) is 2.77. The quantitative estimate of drug-likeness (QED) is 0.772. The number of rotatable bonds is 2. The summed E-state index contributed by atoms with van der Waals surface area (Å²) >= 11 is 0. The van der Waals surface area contributed by atoms with E-state index in [1.807, 2.05) is 0 Å². The van der Waals surface area contributed by atoms with E-state index < -0.39 is 0 Å². The molecule has 1 fully saturated rings. The van der Waals surface area contributed by atoms with Crippen LogP contribution in [0.5, 0.6) is 0 Å². The Morgan fingerprint density at radius 2 is 2.17 bits per heavy atom. The molecule has 94 valence electrons. The van der Waals surface area contributed by atoms with E-state index in [1.165, 1.54) is 16.7 Å². The largest absolute Gasteiger partial charge is 0.349 e. The molecule has 1 aliphatic heterocycles. The van der Waals surface area contributed by atoms with Crippen LogP contribution in [0.2, 0.25) is 0 Å². The molecular weight excluding hydrogens is 224 g/mol. The number of allylic oxidation sites excluding steroid dienone is 4. The highest BCUT2D eigenvalue weighted by Crippen LogP contribution is 2.32. The summed E-state index contributed by atoms with van der Waals surface area (Å²) in [6.45, 7) is 0.586. The molecule has 0 saturated carbocycles. The van der Waals surface area contributed by atoms with Crippen molar-refractivity contribution in [3.05, 3.63) is 47.1 Å². The van der Waals surface area contributed by atoms with Gasteiger partial charge < -0.3 is 11.1 Å². The summed E-state index contributed by atoms with van der Waals surface area (Å²) in [6, 6.07) is 0.191. The normalized spacial score (nSPS) is 30.3. The summed E-state index contributed by atoms with van der Waals surface area (Å²) in [5.74, 6) is 0.457. The van der Waals surface area contributed by atoms with E-state index >= 15 is 0 Å². The molecule has 0 bridgehead atoms. The van der Waals surface area contributed by atoms with Crippen LogP contribution in [0.25, 0.3) is 0 Å². The van der Waals surface area contributed by atoms with Gasteiger partial charge in [0.1, 0.15) is 0 Å². The lowest BCUT2D eigenvalue weighted by atomic mass is 9.84. The van der Waals surface area contributed by atoms with Gasteiger partial charge in [-0.1, -0.05) is 30.4 Å². The first-order valence-electron chi connectivity index (χ1n) is 6.57. The zero-order valence-electron chi connectivity index (χ0n) is 10.4. The number of carbonyl (C=O) groups is 1. The molecule has 1 amide bonds. The molecule has 3 aliphatic rings. The molecule has 0 radical (unpaired) electrons. The van der Waals surface area contributed by atoms with Crippen molar-refractivity contribution >= 4 is 5.91 Å². The predicted molar refractivity (Wildman–Crippen MR) is 71.7 cm³/mol. The Kier molecular flexibility index (Phi) is 2.92. The van der Waals surface area contributed by atoms with Crippen molar-refractivity contribution in [1.82, 2.24) is 5.32 Å². The maximum atomic E-state index is 11.4. The molecule has 3 heteroatoms. The van der Waals surface area contributed by atoms with Gasteiger partial charge in [0.25, 0.3) is 0 Å². The molecule has 2 aliphatic carbocycles. The minimum absolute atomic E-state index is 0.152. The van der Waals surface area contributed by atoms with E-state index in [0.29, 0.717) is 18.9 Å². The van der Waals surface area contributed by atoms with Gasteiger partial charge in [-0.05, 0) is 29.6 Å². The second-order valence-corrected chi connectivity index (χ2v) is 5.07. The lowest BCUT2D eigenvalue weighted by molar-refractivity contribution is -0.119. The summed E-state index contributed by atoms with van der Waals surface area (Å²) in [6.07, 6.45) is 13.7. The summed E-state index contributed by atoms with van der Waals surface area (Å²) in [4.78, 5) is 11.4. The molecule has 2 unspecified atom stereocenters. The first-order chi connectivity index (χ1) is 8.78. The smallest absolute Gasteiger partial charge is 0.221 e. The van der Waals surface area contributed by atoms with Crippen LogP contribution >= 0.6 is 0 Å². The Morgan fingerprint density at radius 3 is 3.00 bits per heavy atom. The molecule has 18 heavy (non-hydrogen) atoms. The second kappa shape index (κ2) is 4.58. The van der Waals surface area contributed by atoms with Crippen LogP contribution in [0.4, 0.5) is 0 Å². The van der Waals surface area contributed by atoms with Crippen LogP contribution in [0, 0.1) is 5.92 Å². The van der Waals surface area contributed by atoms with Gasteiger partial charge in [-0.2, -0.15) is 0 Å². The van der Waals surface area contributed by atoms with Crippen molar-refractivity contribution in [3.8, 4) is 0 Å². The standard InChI is InChI=1S/C15H18N2O/c16-9-11-3-1-2-4-13(11)10-5-6-14-12(7-10)8-15(18)17-14/h3-7,12,14H,1-2,8-9,16H2,(H,17,18). The molecular formula is C15H18N2O. The number of nitrogens with one attached hydrogen (secondary N) is 1. The van der Waals surface area contributed by atoms with Gasteiger partial charge in [0, 0.05) is 18.9 Å². The van der Waals surface area contributed by atoms with Gasteiger partial charge in [-0.15, -0.1) is 0 Å². The highest BCUT2D eigenvalue weighted by molar-refractivity contribution is 5.80. The number of hydrogen-bond acceptors (Lipinski definition) is 2. The van der Waals surface area contributed by atoms with Crippen LogP contribution < -0.4 is 11.1 Å². The van der Waals surface area contributed by atoms with E-state index in [1.54, 1.807) is 0 Å². The van der Waals surface area contributed by atoms with E-state index in [4.69, 9.17) is 5.73 Å². The van der Waals surface area contributed by atoms with Crippen LogP contribution in [0.1, 0.15) is 19.3 Å². The van der Waals surface area contributed by atoms with E-state index in [9.17, 15) is 4.79 Å². The highest BCUT2D eigenvalue weighted by Gasteiger charge is 2.31. The fourth-order valence-electron chi connectivity index (χ4n) is 2.94. The Balaban J connectivity index is 1.88. The van der Waals surface area contributed by atoms with Crippen LogP contribution in [0.3, 0.4) is 0 Å². The molecule has 0 aromatic rings. The van der Waals surface area contributed by atoms with Crippen molar-refractivity contribution in [2.24, 2.45) is 11.7 Å². The van der Waals surface area contributed by atoms with Gasteiger partial charge in [-0.3, -0.25) is 4.79 Å². The molecule has 1 saturated heterocycles. The lowest BCUT2D eigenvalue weighted by Crippen LogP contribution is -2.27.